The Bertz CT molecular complexity index is 1590. The minimum atomic E-state index is -6.94. The monoisotopic (exact) mass is 751 g/mol. The molecule has 259 valence electrons. The number of hydrogen-bond acceptors (Lipinski definition) is 0. The maximum atomic E-state index is 3.02. The van der Waals surface area contributed by atoms with Gasteiger partial charge < -0.3 is 0 Å². The van der Waals surface area contributed by atoms with Gasteiger partial charge in [-0.25, -0.2) is 0 Å². The third kappa shape index (κ3) is 2.16. The fraction of sp³-hybridized carbons (Fsp3) is 0.463. The zero-order chi connectivity index (χ0) is 35.7. The molecule has 3 aromatic rings. The normalized spacial score (nSPS) is 19.7. The van der Waals surface area contributed by atoms with E-state index in [2.05, 4.69) is 207 Å². The van der Waals surface area contributed by atoms with Crippen LogP contribution in [0.3, 0.4) is 0 Å². The first kappa shape index (κ1) is 38.7. The van der Waals surface area contributed by atoms with E-state index in [4.69, 9.17) is 0 Å². The summed E-state index contributed by atoms with van der Waals surface area (Å²) in [5, 5.41) is 0. The third-order valence-electron chi connectivity index (χ3n) is 25.1. The van der Waals surface area contributed by atoms with Crippen LogP contribution in [0.2, 0.25) is 98.2 Å². The van der Waals surface area contributed by atoms with Gasteiger partial charge in [-0.2, -0.15) is 0 Å². The van der Waals surface area contributed by atoms with E-state index in [1.807, 2.05) is 3.88 Å². The first-order valence-electron chi connectivity index (χ1n) is 18.6. The van der Waals surface area contributed by atoms with Crippen molar-refractivity contribution in [3.8, 4) is 0 Å². The number of rotatable bonds is 12. The fourth-order valence-corrected chi connectivity index (χ4v) is 533. The molecule has 0 aliphatic heterocycles. The summed E-state index contributed by atoms with van der Waals surface area (Å²) in [4.78, 5) is 0. The average Bonchev–Trinajstić information content (AvgIpc) is 3.49. The summed E-state index contributed by atoms with van der Waals surface area (Å²) in [5.74, 6) is -12.8. The van der Waals surface area contributed by atoms with Gasteiger partial charge in [-0.3, -0.25) is 0 Å². The summed E-state index contributed by atoms with van der Waals surface area (Å²) < 4.78 is 5.93. The Kier molecular flexibility index (Phi) is 7.30. The van der Waals surface area contributed by atoms with Crippen LogP contribution in [0.5, 0.6) is 0 Å². The zero-order valence-corrected chi connectivity index (χ0v) is 39.8. The predicted octanol–water partition coefficient (Wildman–Crippen LogP) is 13.4. The van der Waals surface area contributed by atoms with Crippen molar-refractivity contribution in [1.82, 2.24) is 0 Å². The second-order valence-corrected chi connectivity index (χ2v) is 170. The Morgan fingerprint density at radius 1 is 0.404 bits per heavy atom. The van der Waals surface area contributed by atoms with Crippen LogP contribution in [0, 0.1) is 0 Å². The molecule has 0 heterocycles. The molecule has 3 aromatic carbocycles. The van der Waals surface area contributed by atoms with Gasteiger partial charge >= 0.3 is 285 Å². The molecule has 4 rings (SSSR count). The number of benzene rings is 3. The van der Waals surface area contributed by atoms with Gasteiger partial charge in [0.05, 0.1) is 0 Å². The molecule has 1 aliphatic rings. The summed E-state index contributed by atoms with van der Waals surface area (Å²) in [6, 6.07) is 36.7. The summed E-state index contributed by atoms with van der Waals surface area (Å²) in [5.41, 5.74) is 4.90. The second-order valence-electron chi connectivity index (χ2n) is 23.4. The third-order valence-corrected chi connectivity index (χ3v) is 440. The molecule has 0 N–H and O–H groups in total. The van der Waals surface area contributed by atoms with Gasteiger partial charge in [-0.15, -0.1) is 0 Å². The molecule has 0 saturated carbocycles. The fourth-order valence-electron chi connectivity index (χ4n) is 24.0. The standard InChI is InChI=1S/3C7H7.C5H5.5C3H9Si.Ti/c3*1-7-5-3-2-4-6-7;1-2-4-5-3-1;5*1-4(2)3;/h3*2-6H,1H2;1-3H,4H2;5*1-3H3;. The molecular weight excluding hydrogens is 681 g/mol. The van der Waals surface area contributed by atoms with Gasteiger partial charge in [0.15, 0.2) is 0 Å². The van der Waals surface area contributed by atoms with Gasteiger partial charge in [-0.05, 0) is 0 Å². The molecule has 0 atom stereocenters. The minimum absolute atomic E-state index is 1.13. The molecule has 47 heavy (non-hydrogen) atoms. The molecule has 0 bridgehead atoms. The quantitative estimate of drug-likeness (QED) is 0.162. The summed E-state index contributed by atoms with van der Waals surface area (Å²) in [6.45, 7) is 38.4. The van der Waals surface area contributed by atoms with Gasteiger partial charge in [0.25, 0.3) is 0 Å². The van der Waals surface area contributed by atoms with Gasteiger partial charge in [0, 0.05) is 0 Å². The molecule has 0 unspecified atom stereocenters. The van der Waals surface area contributed by atoms with E-state index < -0.39 is 36.2 Å². The van der Waals surface area contributed by atoms with Crippen molar-refractivity contribution >= 4 is 29.7 Å². The van der Waals surface area contributed by atoms with Crippen LogP contribution in [-0.2, 0) is 20.6 Å². The van der Waals surface area contributed by atoms with E-state index in [0.717, 1.165) is 6.42 Å². The van der Waals surface area contributed by atoms with Crippen LogP contribution in [0.4, 0.5) is 0 Å². The molecule has 1 aliphatic carbocycles. The average molecular weight is 752 g/mol. The molecule has 0 spiro atoms. The van der Waals surface area contributed by atoms with E-state index in [0.29, 0.717) is 0 Å². The Morgan fingerprint density at radius 2 is 0.660 bits per heavy atom. The van der Waals surface area contributed by atoms with Crippen molar-refractivity contribution in [3.05, 3.63) is 130 Å². The van der Waals surface area contributed by atoms with E-state index in [9.17, 15) is 0 Å². The topological polar surface area (TPSA) is 0 Å². The molecule has 0 fully saturated rings. The Balaban J connectivity index is 3.03. The number of hydrogen-bond donors (Lipinski definition) is 0. The molecule has 0 saturated heterocycles. The van der Waals surface area contributed by atoms with Crippen LogP contribution < -0.4 is 0 Å². The Morgan fingerprint density at radius 3 is 0.851 bits per heavy atom. The van der Waals surface area contributed by atoms with Crippen molar-refractivity contribution < 1.29 is 6.45 Å². The second kappa shape index (κ2) is 8.86. The van der Waals surface area contributed by atoms with Crippen LogP contribution in [0.15, 0.2) is 113 Å². The van der Waals surface area contributed by atoms with Crippen LogP contribution in [0.1, 0.15) is 23.1 Å². The van der Waals surface area contributed by atoms with E-state index in [1.54, 1.807) is 16.7 Å². The maximum absolute atomic E-state index is 6.94. The first-order chi connectivity index (χ1) is 21.2. The van der Waals surface area contributed by atoms with E-state index in [1.165, 1.54) is 14.2 Å². The van der Waals surface area contributed by atoms with Crippen molar-refractivity contribution in [3.63, 3.8) is 0 Å². The summed E-state index contributed by atoms with van der Waals surface area (Å²) in [6.07, 6.45) is 9.18. The van der Waals surface area contributed by atoms with E-state index in [-0.39, 0.29) is 0 Å². The molecular formula is C41H71Si5Ti. The van der Waals surface area contributed by atoms with Crippen molar-refractivity contribution in [1.29, 1.82) is 0 Å². The van der Waals surface area contributed by atoms with Gasteiger partial charge in [0.2, 0.25) is 0 Å². The Hall–Kier alpha value is -1.06. The van der Waals surface area contributed by atoms with E-state index >= 15 is 0 Å². The molecule has 0 radical (unpaired) electrons. The SMILES string of the molecule is C[Si](C)(C)[Ti]([CH2]c1ccccc1)([CH2]c1ccccc1)([CH2]c1ccccc1)([C]1=CC=CC1)([Si](C)(C)C)([Si](C)(C)C)([Si](C)(C)C)[Si](C)(C)C. The van der Waals surface area contributed by atoms with Gasteiger partial charge in [0.1, 0.15) is 0 Å². The molecule has 0 amide bonds. The van der Waals surface area contributed by atoms with Gasteiger partial charge in [-0.1, -0.05) is 0 Å². The Labute approximate surface area is 282 Å². The first-order valence-corrected chi connectivity index (χ1v) is 51.9. The molecule has 0 aromatic heterocycles. The van der Waals surface area contributed by atoms with Crippen LogP contribution in [0.25, 0.3) is 0 Å². The predicted molar refractivity (Wildman–Crippen MR) is 229 cm³/mol. The molecule has 6 heteroatoms. The van der Waals surface area contributed by atoms with Crippen LogP contribution >= 0.6 is 0 Å². The number of allylic oxidation sites excluding steroid dienone is 4. The summed E-state index contributed by atoms with van der Waals surface area (Å²) >= 11 is 0. The van der Waals surface area contributed by atoms with Crippen molar-refractivity contribution in [2.45, 2.75) is 119 Å². The zero-order valence-electron chi connectivity index (χ0n) is 33.2. The van der Waals surface area contributed by atoms with Crippen molar-refractivity contribution in [2.24, 2.45) is 0 Å². The van der Waals surface area contributed by atoms with Crippen molar-refractivity contribution in [2.75, 3.05) is 0 Å². The van der Waals surface area contributed by atoms with Crippen LogP contribution in [-0.4, -0.2) is 29.7 Å². The summed E-state index contributed by atoms with van der Waals surface area (Å²) in [7, 11) is 0. The molecule has 0 nitrogen and oxygen atoms in total.